The summed E-state index contributed by atoms with van der Waals surface area (Å²) in [6.07, 6.45) is 7.07. The van der Waals surface area contributed by atoms with Gasteiger partial charge in [0.05, 0.1) is 18.1 Å². The molecule has 0 aliphatic carbocycles. The van der Waals surface area contributed by atoms with Gasteiger partial charge in [-0.3, -0.25) is 4.68 Å². The van der Waals surface area contributed by atoms with Crippen LogP contribution < -0.4 is 10.6 Å². The summed E-state index contributed by atoms with van der Waals surface area (Å²) in [6, 6.07) is 10.4. The third-order valence-corrected chi connectivity index (χ3v) is 5.56. The molecule has 0 radical (unpaired) electrons. The fourth-order valence-corrected chi connectivity index (χ4v) is 3.88. The Labute approximate surface area is 177 Å². The van der Waals surface area contributed by atoms with E-state index in [1.54, 1.807) is 11.3 Å². The molecule has 0 saturated heterocycles. The first kappa shape index (κ1) is 21.0. The molecule has 0 atom stereocenters. The van der Waals surface area contributed by atoms with Crippen molar-refractivity contribution >= 4 is 17.3 Å². The predicted molar refractivity (Wildman–Crippen MR) is 120 cm³/mol. The largest absolute Gasteiger partial charge is 0.357 e. The number of aryl methyl sites for hydroxylation is 2. The smallest absolute Gasteiger partial charge is 0.191 e. The van der Waals surface area contributed by atoms with E-state index in [1.165, 1.54) is 16.1 Å². The van der Waals surface area contributed by atoms with Crippen LogP contribution in [0.4, 0.5) is 0 Å². The molecular weight excluding hydrogens is 380 g/mol. The number of guanidine groups is 1. The number of nitrogens with zero attached hydrogens (tertiary/aromatic N) is 4. The molecule has 3 rings (SSSR count). The summed E-state index contributed by atoms with van der Waals surface area (Å²) in [6.45, 7) is 7.30. The number of aliphatic imine (C=N–C) groups is 1. The average molecular weight is 411 g/mol. The van der Waals surface area contributed by atoms with E-state index in [4.69, 9.17) is 4.99 Å². The number of hydrogen-bond acceptors (Lipinski definition) is 4. The van der Waals surface area contributed by atoms with Crippen molar-refractivity contribution in [2.75, 3.05) is 13.1 Å². The molecule has 0 fully saturated rings. The number of thiazole rings is 1. The highest BCUT2D eigenvalue weighted by Gasteiger charge is 2.04. The van der Waals surface area contributed by atoms with Crippen molar-refractivity contribution in [3.8, 4) is 0 Å². The average Bonchev–Trinajstić information content (AvgIpc) is 3.38. The summed E-state index contributed by atoms with van der Waals surface area (Å²) in [5.41, 5.74) is 3.59. The minimum absolute atomic E-state index is 0.644. The van der Waals surface area contributed by atoms with Gasteiger partial charge in [0, 0.05) is 36.6 Å². The second kappa shape index (κ2) is 11.4. The molecular formula is C22H30N6S. The van der Waals surface area contributed by atoms with Gasteiger partial charge >= 0.3 is 0 Å². The van der Waals surface area contributed by atoms with E-state index in [-0.39, 0.29) is 0 Å². The molecule has 29 heavy (non-hydrogen) atoms. The van der Waals surface area contributed by atoms with Gasteiger partial charge in [-0.2, -0.15) is 5.10 Å². The van der Waals surface area contributed by atoms with E-state index < -0.39 is 0 Å². The number of benzene rings is 1. The van der Waals surface area contributed by atoms with Crippen LogP contribution in [0.25, 0.3) is 0 Å². The van der Waals surface area contributed by atoms with Crippen LogP contribution in [-0.4, -0.2) is 33.8 Å². The Kier molecular flexibility index (Phi) is 8.25. The Balaban J connectivity index is 1.49. The molecule has 1 aromatic carbocycles. The minimum atomic E-state index is 0.644. The monoisotopic (exact) mass is 410 g/mol. The first-order valence-corrected chi connectivity index (χ1v) is 11.1. The van der Waals surface area contributed by atoms with Crippen molar-refractivity contribution in [2.45, 2.75) is 46.2 Å². The van der Waals surface area contributed by atoms with E-state index in [9.17, 15) is 0 Å². The van der Waals surface area contributed by atoms with Crippen LogP contribution in [0, 0.1) is 6.92 Å². The lowest BCUT2D eigenvalue weighted by Crippen LogP contribution is -2.37. The first-order chi connectivity index (χ1) is 14.2. The van der Waals surface area contributed by atoms with Gasteiger partial charge in [-0.05, 0) is 50.3 Å². The number of hydrogen-bond donors (Lipinski definition) is 2. The fraction of sp³-hybridized carbons (Fsp3) is 0.409. The van der Waals surface area contributed by atoms with Crippen molar-refractivity contribution < 1.29 is 0 Å². The Morgan fingerprint density at radius 2 is 2.00 bits per heavy atom. The summed E-state index contributed by atoms with van der Waals surface area (Å²) in [4.78, 5) is 9.31. The molecule has 0 aliphatic rings. The van der Waals surface area contributed by atoms with E-state index in [0.717, 1.165) is 50.6 Å². The van der Waals surface area contributed by atoms with E-state index >= 15 is 0 Å². The summed E-state index contributed by atoms with van der Waals surface area (Å²) >= 11 is 1.76. The quantitative estimate of drug-likeness (QED) is 0.303. The van der Waals surface area contributed by atoms with Gasteiger partial charge in [0.1, 0.15) is 0 Å². The second-order valence-electron chi connectivity index (χ2n) is 6.93. The number of rotatable bonds is 10. The standard InChI is InChI=1S/C22H30N6S/c1-3-23-22(24-12-7-6-11-21-27-18(2)17-29-21)25-15-19-9-4-5-10-20(19)16-28-14-8-13-26-28/h4-5,8-10,13-14,17H,3,6-7,11-12,15-16H2,1-2H3,(H2,23,24,25). The molecule has 2 aromatic heterocycles. The minimum Gasteiger partial charge on any atom is -0.357 e. The maximum Gasteiger partial charge on any atom is 0.191 e. The SMILES string of the molecule is CCNC(=NCc1ccccc1Cn1cccn1)NCCCCc1nc(C)cs1. The fourth-order valence-electron chi connectivity index (χ4n) is 3.07. The van der Waals surface area contributed by atoms with Gasteiger partial charge in [0.15, 0.2) is 5.96 Å². The summed E-state index contributed by atoms with van der Waals surface area (Å²) in [7, 11) is 0. The molecule has 2 heterocycles. The Bertz CT molecular complexity index is 884. The van der Waals surface area contributed by atoms with E-state index in [2.05, 4.69) is 57.3 Å². The number of nitrogens with one attached hydrogen (secondary N) is 2. The van der Waals surface area contributed by atoms with Crippen molar-refractivity contribution in [2.24, 2.45) is 4.99 Å². The van der Waals surface area contributed by atoms with Crippen LogP contribution in [-0.2, 0) is 19.5 Å². The van der Waals surface area contributed by atoms with Crippen LogP contribution in [0.15, 0.2) is 53.1 Å². The highest BCUT2D eigenvalue weighted by atomic mass is 32.1. The van der Waals surface area contributed by atoms with Gasteiger partial charge in [-0.25, -0.2) is 9.98 Å². The van der Waals surface area contributed by atoms with Crippen molar-refractivity contribution in [3.05, 3.63) is 69.9 Å². The van der Waals surface area contributed by atoms with Crippen LogP contribution >= 0.6 is 11.3 Å². The molecule has 7 heteroatoms. The Morgan fingerprint density at radius 3 is 2.72 bits per heavy atom. The first-order valence-electron chi connectivity index (χ1n) is 10.2. The van der Waals surface area contributed by atoms with Crippen molar-refractivity contribution in [1.82, 2.24) is 25.4 Å². The van der Waals surface area contributed by atoms with Crippen LogP contribution in [0.3, 0.4) is 0 Å². The molecule has 0 saturated carbocycles. The highest BCUT2D eigenvalue weighted by molar-refractivity contribution is 7.09. The topological polar surface area (TPSA) is 67.1 Å². The Hall–Kier alpha value is -2.67. The van der Waals surface area contributed by atoms with Crippen LogP contribution in [0.5, 0.6) is 0 Å². The summed E-state index contributed by atoms with van der Waals surface area (Å²) in [5, 5.41) is 14.5. The summed E-state index contributed by atoms with van der Waals surface area (Å²) in [5.74, 6) is 0.867. The molecule has 0 bridgehead atoms. The third kappa shape index (κ3) is 7.02. The molecule has 154 valence electrons. The van der Waals surface area contributed by atoms with Gasteiger partial charge in [-0.1, -0.05) is 24.3 Å². The maximum absolute atomic E-state index is 4.79. The molecule has 0 aliphatic heterocycles. The number of aromatic nitrogens is 3. The molecule has 3 aromatic rings. The zero-order valence-corrected chi connectivity index (χ0v) is 18.1. The van der Waals surface area contributed by atoms with E-state index in [1.807, 2.05) is 30.1 Å². The normalized spacial score (nSPS) is 11.6. The van der Waals surface area contributed by atoms with Crippen LogP contribution in [0.1, 0.15) is 41.6 Å². The maximum atomic E-state index is 4.79. The molecule has 0 amide bonds. The van der Waals surface area contributed by atoms with Crippen molar-refractivity contribution in [1.29, 1.82) is 0 Å². The lowest BCUT2D eigenvalue weighted by molar-refractivity contribution is 0.679. The Morgan fingerprint density at radius 1 is 1.14 bits per heavy atom. The molecule has 6 nitrogen and oxygen atoms in total. The molecule has 0 unspecified atom stereocenters. The second-order valence-corrected chi connectivity index (χ2v) is 7.88. The lowest BCUT2D eigenvalue weighted by atomic mass is 10.1. The van der Waals surface area contributed by atoms with Gasteiger partial charge in [0.25, 0.3) is 0 Å². The highest BCUT2D eigenvalue weighted by Crippen LogP contribution is 2.12. The zero-order valence-electron chi connectivity index (χ0n) is 17.3. The predicted octanol–water partition coefficient (Wildman–Crippen LogP) is 3.77. The van der Waals surface area contributed by atoms with Gasteiger partial charge in [-0.15, -0.1) is 11.3 Å². The zero-order chi connectivity index (χ0) is 20.3. The summed E-state index contributed by atoms with van der Waals surface area (Å²) < 4.78 is 1.94. The van der Waals surface area contributed by atoms with E-state index in [0.29, 0.717) is 6.54 Å². The molecule has 0 spiro atoms. The number of unbranched alkanes of at least 4 members (excludes halogenated alkanes) is 1. The van der Waals surface area contributed by atoms with Gasteiger partial charge < -0.3 is 10.6 Å². The van der Waals surface area contributed by atoms with Crippen molar-refractivity contribution in [3.63, 3.8) is 0 Å². The molecule has 2 N–H and O–H groups in total. The third-order valence-electron chi connectivity index (χ3n) is 4.54. The lowest BCUT2D eigenvalue weighted by Gasteiger charge is -2.12. The van der Waals surface area contributed by atoms with Gasteiger partial charge in [0.2, 0.25) is 0 Å². The van der Waals surface area contributed by atoms with Crippen LogP contribution in [0.2, 0.25) is 0 Å².